The van der Waals surface area contributed by atoms with Crippen LogP contribution in [0.3, 0.4) is 0 Å². The lowest BCUT2D eigenvalue weighted by Gasteiger charge is -2.19. The minimum absolute atomic E-state index is 0.0868. The maximum Gasteiger partial charge on any atom is 0.212 e. The van der Waals surface area contributed by atoms with Crippen molar-refractivity contribution in [2.45, 2.75) is 45.6 Å². The number of H-pyrrole nitrogens is 1. The van der Waals surface area contributed by atoms with Gasteiger partial charge in [-0.3, -0.25) is 5.10 Å². The van der Waals surface area contributed by atoms with Crippen LogP contribution < -0.4 is 4.72 Å². The molecule has 2 heterocycles. The number of aromatic nitrogens is 3. The molecular formula is C27H35N5O2S2. The molecule has 0 unspecified atom stereocenters. The second-order valence-electron chi connectivity index (χ2n) is 8.97. The molecule has 0 fully saturated rings. The first-order valence-electron chi connectivity index (χ1n) is 12.6. The van der Waals surface area contributed by atoms with E-state index in [1.807, 2.05) is 30.3 Å². The molecule has 0 saturated heterocycles. The molecule has 0 aliphatic carbocycles. The van der Waals surface area contributed by atoms with Crippen molar-refractivity contribution in [2.75, 3.05) is 25.4 Å². The van der Waals surface area contributed by atoms with E-state index in [0.717, 1.165) is 37.4 Å². The number of rotatable bonds is 14. The van der Waals surface area contributed by atoms with E-state index in [1.165, 1.54) is 15.6 Å². The zero-order valence-electron chi connectivity index (χ0n) is 21.0. The number of aryl methyl sites for hydroxylation is 1. The van der Waals surface area contributed by atoms with E-state index in [4.69, 9.17) is 4.98 Å². The summed E-state index contributed by atoms with van der Waals surface area (Å²) in [5.74, 6) is 1.32. The first-order valence-corrected chi connectivity index (χ1v) is 15.1. The van der Waals surface area contributed by atoms with Gasteiger partial charge in [0.05, 0.1) is 11.8 Å². The molecule has 0 radical (unpaired) electrons. The van der Waals surface area contributed by atoms with Gasteiger partial charge < -0.3 is 4.90 Å². The van der Waals surface area contributed by atoms with E-state index in [2.05, 4.69) is 63.3 Å². The van der Waals surface area contributed by atoms with E-state index in [-0.39, 0.29) is 5.75 Å². The first kappa shape index (κ1) is 26.5. The van der Waals surface area contributed by atoms with Gasteiger partial charge in [-0.05, 0) is 66.9 Å². The van der Waals surface area contributed by atoms with Gasteiger partial charge in [0.25, 0.3) is 0 Å². The van der Waals surface area contributed by atoms with Crippen molar-refractivity contribution in [3.63, 3.8) is 0 Å². The van der Waals surface area contributed by atoms with Gasteiger partial charge in [-0.2, -0.15) is 5.10 Å². The number of nitrogens with zero attached hydrogens (tertiary/aromatic N) is 3. The number of hydrogen-bond donors (Lipinski definition) is 2. The Bertz CT molecular complexity index is 1330. The largest absolute Gasteiger partial charge is 0.304 e. The summed E-state index contributed by atoms with van der Waals surface area (Å²) in [4.78, 5) is 6.96. The van der Waals surface area contributed by atoms with Crippen LogP contribution in [-0.2, 0) is 22.9 Å². The Morgan fingerprint density at radius 1 is 1.06 bits per heavy atom. The molecule has 2 N–H and O–H groups in total. The molecule has 0 bridgehead atoms. The third-order valence-corrected chi connectivity index (χ3v) is 8.93. The molecule has 0 spiro atoms. The van der Waals surface area contributed by atoms with Crippen LogP contribution in [0.5, 0.6) is 0 Å². The Balaban J connectivity index is 1.47. The van der Waals surface area contributed by atoms with Crippen molar-refractivity contribution < 1.29 is 8.42 Å². The summed E-state index contributed by atoms with van der Waals surface area (Å²) < 4.78 is 30.1. The van der Waals surface area contributed by atoms with Crippen LogP contribution in [0.2, 0.25) is 0 Å². The fourth-order valence-corrected chi connectivity index (χ4v) is 6.63. The van der Waals surface area contributed by atoms with Gasteiger partial charge in [-0.25, -0.2) is 18.1 Å². The van der Waals surface area contributed by atoms with Gasteiger partial charge in [0.2, 0.25) is 10.0 Å². The molecule has 0 saturated carbocycles. The highest BCUT2D eigenvalue weighted by molar-refractivity contribution is 7.89. The summed E-state index contributed by atoms with van der Waals surface area (Å²) in [6.07, 6.45) is 2.52. The van der Waals surface area contributed by atoms with Crippen LogP contribution in [0, 0.1) is 0 Å². The van der Waals surface area contributed by atoms with Crippen molar-refractivity contribution >= 4 is 31.4 Å². The Labute approximate surface area is 218 Å². The van der Waals surface area contributed by atoms with E-state index in [0.29, 0.717) is 25.1 Å². The molecular weight excluding hydrogens is 490 g/mol. The van der Waals surface area contributed by atoms with Gasteiger partial charge in [0.15, 0.2) is 5.82 Å². The van der Waals surface area contributed by atoms with Crippen LogP contribution in [0.25, 0.3) is 10.1 Å². The standard InChI is InChI=1S/C27H35N5O2S2/c1-3-32(4-2)17-10-18-36(33,34)31-24(16-15-21-11-6-5-7-12-21)27-28-26(29-30-27)19-22-20-35-25-14-9-8-13-23(22)25/h5-9,11-14,20,24,31H,3-4,10,15-19H2,1-2H3,(H,28,29,30)/t24-/m1/s1. The predicted octanol–water partition coefficient (Wildman–Crippen LogP) is 4.94. The summed E-state index contributed by atoms with van der Waals surface area (Å²) >= 11 is 1.72. The molecule has 0 aliphatic rings. The van der Waals surface area contributed by atoms with Gasteiger partial charge in [0, 0.05) is 11.1 Å². The van der Waals surface area contributed by atoms with E-state index in [1.54, 1.807) is 11.3 Å². The second kappa shape index (κ2) is 12.6. The summed E-state index contributed by atoms with van der Waals surface area (Å²) in [6.45, 7) is 6.79. The zero-order valence-corrected chi connectivity index (χ0v) is 22.6. The monoisotopic (exact) mass is 525 g/mol. The number of aromatic amines is 1. The summed E-state index contributed by atoms with van der Waals surface area (Å²) in [6, 6.07) is 17.9. The van der Waals surface area contributed by atoms with Crippen molar-refractivity contribution in [3.8, 4) is 0 Å². The van der Waals surface area contributed by atoms with E-state index >= 15 is 0 Å². The third kappa shape index (κ3) is 7.22. The molecule has 0 aliphatic heterocycles. The molecule has 0 amide bonds. The van der Waals surface area contributed by atoms with Crippen LogP contribution >= 0.6 is 11.3 Å². The number of benzene rings is 2. The van der Waals surface area contributed by atoms with Gasteiger partial charge >= 0.3 is 0 Å². The Kier molecular flexibility index (Phi) is 9.25. The fraction of sp³-hybridized carbons (Fsp3) is 0.407. The fourth-order valence-electron chi connectivity index (χ4n) is 4.39. The summed E-state index contributed by atoms with van der Waals surface area (Å²) in [7, 11) is -3.48. The molecule has 2 aromatic carbocycles. The minimum atomic E-state index is -3.48. The minimum Gasteiger partial charge on any atom is -0.304 e. The maximum absolute atomic E-state index is 13.0. The predicted molar refractivity (Wildman–Crippen MR) is 148 cm³/mol. The summed E-state index contributed by atoms with van der Waals surface area (Å²) in [5, 5.41) is 10.9. The number of sulfonamides is 1. The average molecular weight is 526 g/mol. The lowest BCUT2D eigenvalue weighted by molar-refractivity contribution is 0.304. The van der Waals surface area contributed by atoms with Crippen molar-refractivity contribution in [2.24, 2.45) is 0 Å². The lowest BCUT2D eigenvalue weighted by atomic mass is 10.1. The Hall–Kier alpha value is -2.59. The quantitative estimate of drug-likeness (QED) is 0.243. The normalized spacial score (nSPS) is 13.0. The SMILES string of the molecule is CCN(CC)CCCS(=O)(=O)N[C@H](CCc1ccccc1)c1n[nH]c(Cc2csc3ccccc23)n1. The smallest absolute Gasteiger partial charge is 0.212 e. The lowest BCUT2D eigenvalue weighted by Crippen LogP contribution is -2.33. The van der Waals surface area contributed by atoms with Gasteiger partial charge in [0.1, 0.15) is 5.82 Å². The van der Waals surface area contributed by atoms with Crippen LogP contribution in [0.15, 0.2) is 60.0 Å². The number of fused-ring (bicyclic) bond motifs is 1. The van der Waals surface area contributed by atoms with Crippen molar-refractivity contribution in [1.29, 1.82) is 0 Å². The average Bonchev–Trinajstić information content (AvgIpc) is 3.53. The van der Waals surface area contributed by atoms with E-state index in [9.17, 15) is 8.42 Å². The highest BCUT2D eigenvalue weighted by atomic mass is 32.2. The summed E-state index contributed by atoms with van der Waals surface area (Å²) in [5.41, 5.74) is 2.35. The van der Waals surface area contributed by atoms with Crippen LogP contribution in [0.1, 0.15) is 55.5 Å². The highest BCUT2D eigenvalue weighted by Crippen LogP contribution is 2.27. The molecule has 2 aromatic heterocycles. The first-order chi connectivity index (χ1) is 17.5. The molecule has 4 rings (SSSR count). The number of nitrogens with one attached hydrogen (secondary N) is 2. The second-order valence-corrected chi connectivity index (χ2v) is 11.8. The Morgan fingerprint density at radius 3 is 2.58 bits per heavy atom. The van der Waals surface area contributed by atoms with Crippen LogP contribution in [0.4, 0.5) is 0 Å². The molecule has 7 nitrogen and oxygen atoms in total. The maximum atomic E-state index is 13.0. The van der Waals surface area contributed by atoms with Crippen LogP contribution in [-0.4, -0.2) is 53.9 Å². The Morgan fingerprint density at radius 2 is 1.81 bits per heavy atom. The van der Waals surface area contributed by atoms with E-state index < -0.39 is 16.1 Å². The highest BCUT2D eigenvalue weighted by Gasteiger charge is 2.23. The van der Waals surface area contributed by atoms with Gasteiger partial charge in [-0.1, -0.05) is 62.4 Å². The molecule has 4 aromatic rings. The molecule has 36 heavy (non-hydrogen) atoms. The molecule has 192 valence electrons. The molecule has 9 heteroatoms. The topological polar surface area (TPSA) is 91.0 Å². The number of thiophene rings is 1. The van der Waals surface area contributed by atoms with Gasteiger partial charge in [-0.15, -0.1) is 11.3 Å². The zero-order chi connectivity index (χ0) is 25.4. The third-order valence-electron chi connectivity index (χ3n) is 6.45. The molecule has 1 atom stereocenters. The van der Waals surface area contributed by atoms with Crippen molar-refractivity contribution in [1.82, 2.24) is 24.8 Å². The number of hydrogen-bond acceptors (Lipinski definition) is 6. The van der Waals surface area contributed by atoms with Crippen molar-refractivity contribution in [3.05, 3.63) is 82.8 Å².